The van der Waals surface area contributed by atoms with E-state index in [9.17, 15) is 5.11 Å². The minimum absolute atomic E-state index is 0.193. The molecule has 1 aliphatic rings. The van der Waals surface area contributed by atoms with Crippen LogP contribution in [0.3, 0.4) is 0 Å². The Morgan fingerprint density at radius 1 is 1.04 bits per heavy atom. The van der Waals surface area contributed by atoms with E-state index in [4.69, 9.17) is 28.6 Å². The van der Waals surface area contributed by atoms with Crippen LogP contribution in [0.2, 0.25) is 10.0 Å². The Balaban J connectivity index is 1.48. The lowest BCUT2D eigenvalue weighted by atomic mass is 10.1. The summed E-state index contributed by atoms with van der Waals surface area (Å²) in [5.74, 6) is 0.501. The predicted molar refractivity (Wildman–Crippen MR) is 117 cm³/mol. The van der Waals surface area contributed by atoms with Gasteiger partial charge in [0.25, 0.3) is 0 Å². The molecule has 28 heavy (non-hydrogen) atoms. The lowest BCUT2D eigenvalue weighted by molar-refractivity contribution is 0.351. The summed E-state index contributed by atoms with van der Waals surface area (Å²) in [5.41, 5.74) is 3.42. The highest BCUT2D eigenvalue weighted by molar-refractivity contribution is 7.11. The minimum atomic E-state index is 0.193. The number of amidine groups is 1. The Hall–Kier alpha value is -2.34. The van der Waals surface area contributed by atoms with Gasteiger partial charge in [-0.1, -0.05) is 47.5 Å². The largest absolute Gasteiger partial charge is 0.510 e. The fraction of sp³-hybridized carbons (Fsp3) is 0.143. The molecule has 7 heteroatoms. The SMILES string of the molecule is N=C1C(c2nc(-c3ccc(Cl)cc3)cs2)=C(O)CN1CCc1ccc(Cl)cc1. The van der Waals surface area contributed by atoms with Gasteiger partial charge in [-0.2, -0.15) is 0 Å². The Kier molecular flexibility index (Phi) is 5.40. The summed E-state index contributed by atoms with van der Waals surface area (Å²) in [7, 11) is 0. The topological polar surface area (TPSA) is 60.2 Å². The third-order valence-corrected chi connectivity index (χ3v) is 5.99. The number of aromatic nitrogens is 1. The molecular formula is C21H17Cl2N3OS. The second-order valence-corrected chi connectivity index (χ2v) is 8.24. The number of hydrogen-bond donors (Lipinski definition) is 2. The van der Waals surface area contributed by atoms with Crippen molar-refractivity contribution in [2.75, 3.05) is 13.1 Å². The molecule has 2 aromatic carbocycles. The maximum atomic E-state index is 10.5. The summed E-state index contributed by atoms with van der Waals surface area (Å²) < 4.78 is 0. The second-order valence-electron chi connectivity index (χ2n) is 6.51. The van der Waals surface area contributed by atoms with Gasteiger partial charge in [-0.15, -0.1) is 11.3 Å². The fourth-order valence-electron chi connectivity index (χ4n) is 3.11. The third-order valence-electron chi connectivity index (χ3n) is 4.62. The number of aliphatic hydroxyl groups is 1. The highest BCUT2D eigenvalue weighted by Crippen LogP contribution is 2.32. The van der Waals surface area contributed by atoms with Crippen molar-refractivity contribution in [3.63, 3.8) is 0 Å². The number of halogens is 2. The Bertz CT molecular complexity index is 1040. The summed E-state index contributed by atoms with van der Waals surface area (Å²) in [6.07, 6.45) is 0.772. The van der Waals surface area contributed by atoms with Crippen molar-refractivity contribution in [3.8, 4) is 11.3 Å². The average Bonchev–Trinajstić information content (AvgIpc) is 3.26. The van der Waals surface area contributed by atoms with Crippen LogP contribution in [0.25, 0.3) is 16.8 Å². The van der Waals surface area contributed by atoms with Gasteiger partial charge < -0.3 is 10.0 Å². The number of hydrogen-bond acceptors (Lipinski definition) is 4. The van der Waals surface area contributed by atoms with Gasteiger partial charge in [-0.3, -0.25) is 5.41 Å². The van der Waals surface area contributed by atoms with Crippen molar-refractivity contribution in [1.29, 1.82) is 5.41 Å². The highest BCUT2D eigenvalue weighted by Gasteiger charge is 2.30. The molecule has 0 aliphatic carbocycles. The Morgan fingerprint density at radius 2 is 1.68 bits per heavy atom. The van der Waals surface area contributed by atoms with Crippen LogP contribution in [0.5, 0.6) is 0 Å². The summed E-state index contributed by atoms with van der Waals surface area (Å²) in [5, 5.41) is 22.9. The van der Waals surface area contributed by atoms with Crippen LogP contribution >= 0.6 is 34.5 Å². The van der Waals surface area contributed by atoms with Crippen LogP contribution in [0.1, 0.15) is 10.6 Å². The molecule has 0 unspecified atom stereocenters. The first kappa shape index (κ1) is 19.0. The standard InChI is InChI=1S/C21H17Cl2N3OS/c22-15-5-1-13(2-6-15)9-10-26-11-18(27)19(20(26)24)21-25-17(12-28-21)14-3-7-16(23)8-4-14/h1-8,12,24,27H,9-11H2. The molecule has 4 rings (SSSR count). The lowest BCUT2D eigenvalue weighted by Crippen LogP contribution is -2.28. The zero-order chi connectivity index (χ0) is 19.7. The van der Waals surface area contributed by atoms with E-state index < -0.39 is 0 Å². The first-order chi connectivity index (χ1) is 13.5. The molecule has 3 aromatic rings. The average molecular weight is 430 g/mol. The maximum absolute atomic E-state index is 10.5. The minimum Gasteiger partial charge on any atom is -0.510 e. The lowest BCUT2D eigenvalue weighted by Gasteiger charge is -2.18. The summed E-state index contributed by atoms with van der Waals surface area (Å²) in [6.45, 7) is 0.973. The van der Waals surface area contributed by atoms with Crippen molar-refractivity contribution in [2.45, 2.75) is 6.42 Å². The van der Waals surface area contributed by atoms with E-state index in [-0.39, 0.29) is 5.76 Å². The second kappa shape index (κ2) is 7.95. The van der Waals surface area contributed by atoms with Gasteiger partial charge in [0.1, 0.15) is 16.6 Å². The quantitative estimate of drug-likeness (QED) is 0.528. The van der Waals surface area contributed by atoms with Gasteiger partial charge in [0.05, 0.1) is 17.8 Å². The molecule has 0 amide bonds. The van der Waals surface area contributed by atoms with E-state index in [0.717, 1.165) is 23.2 Å². The molecule has 1 aromatic heterocycles. The molecule has 0 bridgehead atoms. The molecule has 1 aliphatic heterocycles. The summed E-state index contributed by atoms with van der Waals surface area (Å²) >= 11 is 13.3. The van der Waals surface area contributed by atoms with Gasteiger partial charge >= 0.3 is 0 Å². The summed E-state index contributed by atoms with van der Waals surface area (Å²) in [6, 6.07) is 15.2. The molecular weight excluding hydrogens is 413 g/mol. The molecule has 0 saturated carbocycles. The van der Waals surface area contributed by atoms with E-state index in [1.807, 2.05) is 58.8 Å². The van der Waals surface area contributed by atoms with E-state index in [2.05, 4.69) is 4.98 Å². The third kappa shape index (κ3) is 3.92. The number of rotatable bonds is 5. The zero-order valence-electron chi connectivity index (χ0n) is 14.8. The van der Waals surface area contributed by atoms with Crippen LogP contribution in [-0.4, -0.2) is 33.9 Å². The van der Waals surface area contributed by atoms with Gasteiger partial charge in [0, 0.05) is 27.5 Å². The van der Waals surface area contributed by atoms with Crippen molar-refractivity contribution >= 4 is 45.9 Å². The monoisotopic (exact) mass is 429 g/mol. The van der Waals surface area contributed by atoms with Crippen LogP contribution in [0.4, 0.5) is 0 Å². The van der Waals surface area contributed by atoms with Crippen molar-refractivity contribution in [2.24, 2.45) is 0 Å². The molecule has 0 atom stereocenters. The number of benzene rings is 2. The summed E-state index contributed by atoms with van der Waals surface area (Å²) in [4.78, 5) is 6.49. The van der Waals surface area contributed by atoms with Crippen LogP contribution in [0, 0.1) is 5.41 Å². The molecule has 0 radical (unpaired) electrons. The van der Waals surface area contributed by atoms with Crippen LogP contribution in [-0.2, 0) is 6.42 Å². The zero-order valence-corrected chi connectivity index (χ0v) is 17.2. The molecule has 2 N–H and O–H groups in total. The van der Waals surface area contributed by atoms with Gasteiger partial charge in [-0.25, -0.2) is 4.98 Å². The van der Waals surface area contributed by atoms with Crippen molar-refractivity contribution in [3.05, 3.63) is 80.3 Å². The van der Waals surface area contributed by atoms with Gasteiger partial charge in [-0.05, 0) is 36.2 Å². The molecule has 0 saturated heterocycles. The number of aliphatic hydroxyl groups excluding tert-OH is 1. The number of nitrogens with zero attached hydrogens (tertiary/aromatic N) is 2. The van der Waals surface area contributed by atoms with E-state index in [1.165, 1.54) is 11.3 Å². The van der Waals surface area contributed by atoms with Gasteiger partial charge in [0.15, 0.2) is 0 Å². The van der Waals surface area contributed by atoms with Gasteiger partial charge in [0.2, 0.25) is 0 Å². The van der Waals surface area contributed by atoms with E-state index in [0.29, 0.717) is 39.6 Å². The first-order valence-electron chi connectivity index (χ1n) is 8.73. The Morgan fingerprint density at radius 3 is 2.36 bits per heavy atom. The molecule has 142 valence electrons. The smallest absolute Gasteiger partial charge is 0.135 e. The van der Waals surface area contributed by atoms with Crippen LogP contribution in [0.15, 0.2) is 59.7 Å². The van der Waals surface area contributed by atoms with Crippen molar-refractivity contribution in [1.82, 2.24) is 9.88 Å². The molecule has 0 fully saturated rings. The first-order valence-corrected chi connectivity index (χ1v) is 10.4. The number of nitrogens with one attached hydrogen (secondary N) is 1. The molecule has 4 nitrogen and oxygen atoms in total. The number of thiazole rings is 1. The van der Waals surface area contributed by atoms with E-state index in [1.54, 1.807) is 0 Å². The van der Waals surface area contributed by atoms with E-state index >= 15 is 0 Å². The maximum Gasteiger partial charge on any atom is 0.135 e. The molecule has 2 heterocycles. The van der Waals surface area contributed by atoms with Crippen LogP contribution < -0.4 is 0 Å². The predicted octanol–water partition coefficient (Wildman–Crippen LogP) is 5.92. The van der Waals surface area contributed by atoms with Crippen molar-refractivity contribution < 1.29 is 5.11 Å². The Labute approximate surface area is 177 Å². The normalized spacial score (nSPS) is 14.2. The fourth-order valence-corrected chi connectivity index (χ4v) is 4.25. The highest BCUT2D eigenvalue weighted by atomic mass is 35.5. The molecule has 0 spiro atoms.